The summed E-state index contributed by atoms with van der Waals surface area (Å²) >= 11 is 0. The van der Waals surface area contributed by atoms with E-state index in [1.165, 1.54) is 24.3 Å². The molecule has 0 heterocycles. The Hall–Kier alpha value is -5.54. The normalized spacial score (nSPS) is 14.3. The first kappa shape index (κ1) is 39.3. The van der Waals surface area contributed by atoms with Crippen molar-refractivity contribution in [2.45, 2.75) is 26.2 Å². The van der Waals surface area contributed by atoms with Crippen molar-refractivity contribution in [2.75, 3.05) is 0 Å². The molecule has 8 heteroatoms. The molecule has 0 saturated carbocycles. The quantitative estimate of drug-likeness (QED) is 0.111. The molecular formula is C50H38F6P2. The molecule has 0 aliphatic carbocycles. The van der Waals surface area contributed by atoms with E-state index in [9.17, 15) is 26.3 Å². The molecule has 8 aromatic rings. The largest absolute Gasteiger partial charge is 0.416 e. The van der Waals surface area contributed by atoms with Gasteiger partial charge < -0.3 is 0 Å². The van der Waals surface area contributed by atoms with Crippen molar-refractivity contribution in [1.29, 1.82) is 0 Å². The molecule has 0 nitrogen and oxygen atoms in total. The van der Waals surface area contributed by atoms with E-state index in [4.69, 9.17) is 12.6 Å². The van der Waals surface area contributed by atoms with Crippen LogP contribution in [-0.4, -0.2) is 12.6 Å². The Morgan fingerprint density at radius 3 is 1.09 bits per heavy atom. The number of benzene rings is 8. The first-order valence-electron chi connectivity index (χ1n) is 18.6. The molecule has 0 spiro atoms. The molecule has 0 N–H and O–H groups in total. The van der Waals surface area contributed by atoms with Crippen LogP contribution >= 0.6 is 13.8 Å². The Kier molecular flexibility index (Phi) is 9.95. The van der Waals surface area contributed by atoms with Crippen molar-refractivity contribution in [3.63, 3.8) is 0 Å². The topological polar surface area (TPSA) is 0 Å². The van der Waals surface area contributed by atoms with Crippen LogP contribution in [0, 0.1) is 13.8 Å². The maximum absolute atomic E-state index is 14.5. The van der Waals surface area contributed by atoms with Crippen molar-refractivity contribution < 1.29 is 26.3 Å². The standard InChI is InChI=1S/C50H38F6P2/c1-33-13-9-19-39(29-33)57(3,41-21-11-17-37(31-41)49(51,52)53)45-27-25-35-15-5-7-23-43(35)47(45)48-44-24-8-6-16-36(44)26-28-46(48)58(4,40-20-10-14-34(2)30-40)42-22-12-18-38(32-42)50(54,55)56/h5-32H,3-4H2,1-2H3. The highest BCUT2D eigenvalue weighted by Gasteiger charge is 2.36. The van der Waals surface area contributed by atoms with E-state index in [-0.39, 0.29) is 0 Å². The van der Waals surface area contributed by atoms with Crippen molar-refractivity contribution in [1.82, 2.24) is 0 Å². The van der Waals surface area contributed by atoms with E-state index in [1.54, 1.807) is 12.1 Å². The molecule has 0 fully saturated rings. The molecule has 0 saturated heterocycles. The van der Waals surface area contributed by atoms with Gasteiger partial charge in [-0.15, -0.1) is 0 Å². The predicted octanol–water partition coefficient (Wildman–Crippen LogP) is 11.8. The number of halogens is 6. The Morgan fingerprint density at radius 2 is 0.724 bits per heavy atom. The number of hydrogen-bond donors (Lipinski definition) is 0. The Morgan fingerprint density at radius 1 is 0.379 bits per heavy atom. The average molecular weight is 815 g/mol. The molecule has 0 bridgehead atoms. The van der Waals surface area contributed by atoms with Gasteiger partial charge in [0.25, 0.3) is 0 Å². The van der Waals surface area contributed by atoms with E-state index in [1.807, 2.05) is 135 Å². The van der Waals surface area contributed by atoms with E-state index in [2.05, 4.69) is 0 Å². The minimum atomic E-state index is -4.60. The lowest BCUT2D eigenvalue weighted by molar-refractivity contribution is -0.138. The van der Waals surface area contributed by atoms with Crippen LogP contribution in [0.15, 0.2) is 170 Å². The van der Waals surface area contributed by atoms with Gasteiger partial charge in [0, 0.05) is 0 Å². The third-order valence-electron chi connectivity index (χ3n) is 11.0. The highest BCUT2D eigenvalue weighted by Crippen LogP contribution is 2.52. The summed E-state index contributed by atoms with van der Waals surface area (Å²) in [5.41, 5.74) is 1.84. The fourth-order valence-electron chi connectivity index (χ4n) is 8.11. The Labute approximate surface area is 334 Å². The van der Waals surface area contributed by atoms with E-state index >= 15 is 0 Å². The van der Waals surface area contributed by atoms with Crippen LogP contribution < -0.4 is 31.8 Å². The van der Waals surface area contributed by atoms with Gasteiger partial charge >= 0.3 is 12.4 Å². The summed E-state index contributed by atoms with van der Waals surface area (Å²) in [6, 6.07) is 50.2. The summed E-state index contributed by atoms with van der Waals surface area (Å²) in [5, 5.41) is 7.41. The first-order chi connectivity index (χ1) is 27.6. The van der Waals surface area contributed by atoms with Gasteiger partial charge in [0.15, 0.2) is 0 Å². The van der Waals surface area contributed by atoms with Crippen LogP contribution in [0.4, 0.5) is 26.3 Å². The molecule has 8 aromatic carbocycles. The third kappa shape index (κ3) is 6.83. The summed E-state index contributed by atoms with van der Waals surface area (Å²) in [6.45, 7) is -2.50. The molecule has 0 amide bonds. The second kappa shape index (κ2) is 14.7. The smallest absolute Gasteiger partial charge is 0.166 e. The van der Waals surface area contributed by atoms with E-state index in [0.29, 0.717) is 10.6 Å². The second-order valence-corrected chi connectivity index (χ2v) is 21.0. The van der Waals surface area contributed by atoms with Gasteiger partial charge in [-0.05, 0) is 116 Å². The highest BCUT2D eigenvalue weighted by atomic mass is 31.2. The van der Waals surface area contributed by atoms with Crippen molar-refractivity contribution >= 4 is 79.7 Å². The summed E-state index contributed by atoms with van der Waals surface area (Å²) in [6.07, 6.45) is 0.780. The van der Waals surface area contributed by atoms with E-state index < -0.39 is 37.3 Å². The lowest BCUT2D eigenvalue weighted by atomic mass is 9.93. The first-order valence-corrected chi connectivity index (χ1v) is 22.6. The number of aryl methyl sites for hydroxylation is 2. The summed E-state index contributed by atoms with van der Waals surface area (Å²) < 4.78 is 87.0. The molecule has 0 aliphatic heterocycles. The second-order valence-electron chi connectivity index (χ2n) is 14.8. The fourth-order valence-corrected chi connectivity index (χ4v) is 14.6. The zero-order chi connectivity index (χ0) is 41.0. The van der Waals surface area contributed by atoms with Crippen LogP contribution in [0.25, 0.3) is 32.7 Å². The van der Waals surface area contributed by atoms with Crippen molar-refractivity contribution in [3.8, 4) is 11.1 Å². The molecule has 8 rings (SSSR count). The third-order valence-corrected chi connectivity index (χ3v) is 18.0. The molecule has 0 aliphatic rings. The lowest BCUT2D eigenvalue weighted by Crippen LogP contribution is -2.31. The van der Waals surface area contributed by atoms with E-state index in [0.717, 1.165) is 77.1 Å². The van der Waals surface area contributed by atoms with Crippen molar-refractivity contribution in [3.05, 3.63) is 192 Å². The number of fused-ring (bicyclic) bond motifs is 2. The molecule has 2 unspecified atom stereocenters. The van der Waals surface area contributed by atoms with Crippen LogP contribution in [0.1, 0.15) is 22.3 Å². The maximum Gasteiger partial charge on any atom is 0.416 e. The molecular weight excluding hydrogens is 776 g/mol. The van der Waals surface area contributed by atoms with Gasteiger partial charge in [0.05, 0.1) is 11.1 Å². The van der Waals surface area contributed by atoms with Gasteiger partial charge in [-0.2, -0.15) is 26.3 Å². The van der Waals surface area contributed by atoms with Crippen LogP contribution in [0.2, 0.25) is 0 Å². The van der Waals surface area contributed by atoms with Crippen LogP contribution in [0.3, 0.4) is 0 Å². The van der Waals surface area contributed by atoms with Crippen LogP contribution in [-0.2, 0) is 12.4 Å². The maximum atomic E-state index is 14.5. The SMILES string of the molecule is C=P(c1cccc(C)c1)(c1cccc(C(F)(F)F)c1)c1ccc2ccccc2c1-c1c(P(=C)(c2cccc(C)c2)c2cccc(C(F)(F)F)c2)ccc2ccccc12. The molecule has 2 atom stereocenters. The minimum Gasteiger partial charge on any atom is -0.166 e. The van der Waals surface area contributed by atoms with Gasteiger partial charge in [-0.25, -0.2) is 0 Å². The predicted molar refractivity (Wildman–Crippen MR) is 238 cm³/mol. The number of hydrogen-bond acceptors (Lipinski definition) is 0. The lowest BCUT2D eigenvalue weighted by Gasteiger charge is -2.34. The molecule has 0 radical (unpaired) electrons. The molecule has 0 aromatic heterocycles. The summed E-state index contributed by atoms with van der Waals surface area (Å²) in [7, 11) is 0. The molecule has 290 valence electrons. The van der Waals surface area contributed by atoms with Gasteiger partial charge in [-0.1, -0.05) is 169 Å². The van der Waals surface area contributed by atoms with Gasteiger partial charge in [-0.3, -0.25) is 0 Å². The van der Waals surface area contributed by atoms with Crippen LogP contribution in [0.5, 0.6) is 0 Å². The monoisotopic (exact) mass is 814 g/mol. The van der Waals surface area contributed by atoms with Crippen molar-refractivity contribution in [2.24, 2.45) is 0 Å². The highest BCUT2D eigenvalue weighted by molar-refractivity contribution is 7.94. The minimum absolute atomic E-state index is 0.443. The average Bonchev–Trinajstić information content (AvgIpc) is 3.22. The van der Waals surface area contributed by atoms with Gasteiger partial charge in [0.1, 0.15) is 0 Å². The zero-order valence-electron chi connectivity index (χ0n) is 31.7. The number of alkyl halides is 6. The fraction of sp³-hybridized carbons (Fsp3) is 0.0800. The van der Waals surface area contributed by atoms with Gasteiger partial charge in [0.2, 0.25) is 0 Å². The zero-order valence-corrected chi connectivity index (χ0v) is 33.5. The Bertz CT molecular complexity index is 2770. The Balaban J connectivity index is 1.59. The summed E-state index contributed by atoms with van der Waals surface area (Å²) in [5.74, 6) is 0. The summed E-state index contributed by atoms with van der Waals surface area (Å²) in [4.78, 5) is 0. The molecule has 58 heavy (non-hydrogen) atoms. The number of rotatable bonds is 7.